The third-order valence-corrected chi connectivity index (χ3v) is 2.65. The summed E-state index contributed by atoms with van der Waals surface area (Å²) >= 11 is 0. The Hall–Kier alpha value is -1.90. The van der Waals surface area contributed by atoms with Crippen LogP contribution in [0.3, 0.4) is 0 Å². The fourth-order valence-electron chi connectivity index (χ4n) is 1.97. The van der Waals surface area contributed by atoms with Crippen LogP contribution in [-0.4, -0.2) is 15.7 Å². The summed E-state index contributed by atoms with van der Waals surface area (Å²) in [6.45, 7) is 5.37. The number of hydrogen-bond donors (Lipinski definition) is 0. The molecular formula is C13H14N2O. The lowest BCUT2D eigenvalue weighted by atomic mass is 10.0. The SMILES string of the molecule is CC(=O)n1nc(C)c(-c2ccccc2)c1C. The van der Waals surface area contributed by atoms with E-state index in [1.807, 2.05) is 44.2 Å². The zero-order valence-electron chi connectivity index (χ0n) is 9.69. The predicted octanol–water partition coefficient (Wildman–Crippen LogP) is 2.83. The first kappa shape index (κ1) is 10.6. The first-order valence-electron chi connectivity index (χ1n) is 5.24. The number of carbonyl (C=O) groups excluding carboxylic acids is 1. The molecule has 2 rings (SSSR count). The molecular weight excluding hydrogens is 200 g/mol. The Kier molecular flexibility index (Phi) is 2.60. The Morgan fingerprint density at radius 1 is 1.19 bits per heavy atom. The number of rotatable bonds is 1. The topological polar surface area (TPSA) is 34.9 Å². The van der Waals surface area contributed by atoms with Crippen molar-refractivity contribution in [1.29, 1.82) is 0 Å². The van der Waals surface area contributed by atoms with Gasteiger partial charge in [0.2, 0.25) is 5.91 Å². The van der Waals surface area contributed by atoms with Crippen LogP contribution in [0.2, 0.25) is 0 Å². The molecule has 3 heteroatoms. The molecule has 82 valence electrons. The van der Waals surface area contributed by atoms with Crippen molar-refractivity contribution in [3.8, 4) is 11.1 Å². The van der Waals surface area contributed by atoms with Crippen molar-refractivity contribution in [1.82, 2.24) is 9.78 Å². The van der Waals surface area contributed by atoms with Crippen LogP contribution in [-0.2, 0) is 0 Å². The first-order valence-corrected chi connectivity index (χ1v) is 5.24. The highest BCUT2D eigenvalue weighted by molar-refractivity contribution is 5.80. The van der Waals surface area contributed by atoms with E-state index >= 15 is 0 Å². The summed E-state index contributed by atoms with van der Waals surface area (Å²) < 4.78 is 1.46. The van der Waals surface area contributed by atoms with Crippen LogP contribution in [0.1, 0.15) is 23.1 Å². The summed E-state index contributed by atoms with van der Waals surface area (Å²) in [5.74, 6) is -0.0530. The van der Waals surface area contributed by atoms with Gasteiger partial charge in [-0.15, -0.1) is 0 Å². The average Bonchev–Trinajstić information content (AvgIpc) is 2.56. The highest BCUT2D eigenvalue weighted by Crippen LogP contribution is 2.26. The van der Waals surface area contributed by atoms with Gasteiger partial charge in [0.05, 0.1) is 11.4 Å². The zero-order valence-corrected chi connectivity index (χ0v) is 9.69. The van der Waals surface area contributed by atoms with Gasteiger partial charge in [0.25, 0.3) is 0 Å². The van der Waals surface area contributed by atoms with Gasteiger partial charge in [0.1, 0.15) is 0 Å². The number of nitrogens with zero attached hydrogens (tertiary/aromatic N) is 2. The van der Waals surface area contributed by atoms with Crippen LogP contribution >= 0.6 is 0 Å². The molecule has 0 atom stereocenters. The average molecular weight is 214 g/mol. The Balaban J connectivity index is 2.63. The zero-order chi connectivity index (χ0) is 11.7. The summed E-state index contributed by atoms with van der Waals surface area (Å²) in [6, 6.07) is 10.0. The minimum atomic E-state index is -0.0530. The van der Waals surface area contributed by atoms with E-state index < -0.39 is 0 Å². The summed E-state index contributed by atoms with van der Waals surface area (Å²) in [6.07, 6.45) is 0. The van der Waals surface area contributed by atoms with Gasteiger partial charge in [0.15, 0.2) is 0 Å². The van der Waals surface area contributed by atoms with Gasteiger partial charge in [0, 0.05) is 12.5 Å². The molecule has 1 heterocycles. The van der Waals surface area contributed by atoms with Crippen molar-refractivity contribution in [3.05, 3.63) is 41.7 Å². The standard InChI is InChI=1S/C13H14N2O/c1-9-13(12-7-5-4-6-8-12)10(2)15(14-9)11(3)16/h4-8H,1-3H3. The summed E-state index contributed by atoms with van der Waals surface area (Å²) in [7, 11) is 0. The minimum absolute atomic E-state index is 0.0530. The molecule has 0 aliphatic carbocycles. The smallest absolute Gasteiger partial charge is 0.243 e. The van der Waals surface area contributed by atoms with E-state index in [-0.39, 0.29) is 5.91 Å². The van der Waals surface area contributed by atoms with Crippen molar-refractivity contribution in [2.75, 3.05) is 0 Å². The van der Waals surface area contributed by atoms with Gasteiger partial charge >= 0.3 is 0 Å². The Morgan fingerprint density at radius 2 is 1.81 bits per heavy atom. The van der Waals surface area contributed by atoms with Gasteiger partial charge in [-0.2, -0.15) is 5.10 Å². The lowest BCUT2D eigenvalue weighted by Crippen LogP contribution is -2.09. The van der Waals surface area contributed by atoms with Crippen molar-refractivity contribution in [2.24, 2.45) is 0 Å². The molecule has 0 saturated heterocycles. The molecule has 0 amide bonds. The fourth-order valence-corrected chi connectivity index (χ4v) is 1.97. The van der Waals surface area contributed by atoms with Crippen LogP contribution in [0.4, 0.5) is 0 Å². The van der Waals surface area contributed by atoms with Crippen molar-refractivity contribution in [2.45, 2.75) is 20.8 Å². The van der Waals surface area contributed by atoms with Crippen LogP contribution < -0.4 is 0 Å². The van der Waals surface area contributed by atoms with E-state index in [4.69, 9.17) is 0 Å². The van der Waals surface area contributed by atoms with Gasteiger partial charge in [-0.05, 0) is 19.4 Å². The Bertz CT molecular complexity index is 526. The highest BCUT2D eigenvalue weighted by Gasteiger charge is 2.14. The fraction of sp³-hybridized carbons (Fsp3) is 0.231. The predicted molar refractivity (Wildman–Crippen MR) is 63.4 cm³/mol. The largest absolute Gasteiger partial charge is 0.273 e. The molecule has 0 unspecified atom stereocenters. The molecule has 0 fully saturated rings. The van der Waals surface area contributed by atoms with Gasteiger partial charge in [-0.25, -0.2) is 4.68 Å². The lowest BCUT2D eigenvalue weighted by molar-refractivity contribution is 0.0918. The first-order chi connectivity index (χ1) is 7.61. The van der Waals surface area contributed by atoms with E-state index in [0.717, 1.165) is 22.5 Å². The van der Waals surface area contributed by atoms with Crippen molar-refractivity contribution in [3.63, 3.8) is 0 Å². The van der Waals surface area contributed by atoms with E-state index in [9.17, 15) is 4.79 Å². The molecule has 3 nitrogen and oxygen atoms in total. The molecule has 0 aliphatic rings. The van der Waals surface area contributed by atoms with Crippen molar-refractivity contribution < 1.29 is 4.79 Å². The lowest BCUT2D eigenvalue weighted by Gasteiger charge is -2.01. The molecule has 0 saturated carbocycles. The maximum atomic E-state index is 11.4. The second-order valence-electron chi connectivity index (χ2n) is 3.84. The number of aryl methyl sites for hydroxylation is 1. The number of aromatic nitrogens is 2. The molecule has 2 aromatic rings. The third-order valence-electron chi connectivity index (χ3n) is 2.65. The quantitative estimate of drug-likeness (QED) is 0.731. The number of hydrogen-bond acceptors (Lipinski definition) is 2. The van der Waals surface area contributed by atoms with Crippen LogP contribution in [0.15, 0.2) is 30.3 Å². The second kappa shape index (κ2) is 3.93. The molecule has 0 spiro atoms. The van der Waals surface area contributed by atoms with Gasteiger partial charge in [-0.1, -0.05) is 30.3 Å². The van der Waals surface area contributed by atoms with Crippen molar-refractivity contribution >= 4 is 5.91 Å². The molecule has 0 N–H and O–H groups in total. The second-order valence-corrected chi connectivity index (χ2v) is 3.84. The maximum Gasteiger partial charge on any atom is 0.243 e. The maximum absolute atomic E-state index is 11.4. The van der Waals surface area contributed by atoms with Crippen LogP contribution in [0, 0.1) is 13.8 Å². The normalized spacial score (nSPS) is 10.4. The van der Waals surface area contributed by atoms with E-state index in [2.05, 4.69) is 5.10 Å². The molecule has 1 aromatic carbocycles. The minimum Gasteiger partial charge on any atom is -0.273 e. The highest BCUT2D eigenvalue weighted by atomic mass is 16.2. The Labute approximate surface area is 94.7 Å². The number of carbonyl (C=O) groups is 1. The van der Waals surface area contributed by atoms with Crippen LogP contribution in [0.5, 0.6) is 0 Å². The van der Waals surface area contributed by atoms with Gasteiger partial charge in [-0.3, -0.25) is 4.79 Å². The molecule has 1 aromatic heterocycles. The van der Waals surface area contributed by atoms with Gasteiger partial charge < -0.3 is 0 Å². The number of benzene rings is 1. The molecule has 0 bridgehead atoms. The summed E-state index contributed by atoms with van der Waals surface area (Å²) in [4.78, 5) is 11.4. The summed E-state index contributed by atoms with van der Waals surface area (Å²) in [5, 5.41) is 4.25. The van der Waals surface area contributed by atoms with Crippen LogP contribution in [0.25, 0.3) is 11.1 Å². The van der Waals surface area contributed by atoms with E-state index in [0.29, 0.717) is 0 Å². The Morgan fingerprint density at radius 3 is 2.31 bits per heavy atom. The molecule has 16 heavy (non-hydrogen) atoms. The van der Waals surface area contributed by atoms with E-state index in [1.54, 1.807) is 0 Å². The monoisotopic (exact) mass is 214 g/mol. The summed E-state index contributed by atoms with van der Waals surface area (Å²) in [5.41, 5.74) is 3.94. The molecule has 0 radical (unpaired) electrons. The third kappa shape index (κ3) is 1.65. The van der Waals surface area contributed by atoms with E-state index in [1.165, 1.54) is 11.6 Å². The molecule has 0 aliphatic heterocycles.